The van der Waals surface area contributed by atoms with Crippen molar-refractivity contribution < 1.29 is 9.21 Å². The summed E-state index contributed by atoms with van der Waals surface area (Å²) in [4.78, 5) is 11.8. The Morgan fingerprint density at radius 2 is 2.05 bits per heavy atom. The van der Waals surface area contributed by atoms with Crippen LogP contribution in [0.5, 0.6) is 0 Å². The number of nitrogens with one attached hydrogen (secondary N) is 1. The Morgan fingerprint density at radius 3 is 2.74 bits per heavy atom. The molecule has 0 unspecified atom stereocenters. The number of furan rings is 1. The number of aryl methyl sites for hydroxylation is 1. The first kappa shape index (κ1) is 13.4. The minimum absolute atomic E-state index is 0.180. The summed E-state index contributed by atoms with van der Waals surface area (Å²) < 4.78 is 5.24. The number of hydrogen-bond acceptors (Lipinski definition) is 3. The summed E-state index contributed by atoms with van der Waals surface area (Å²) in [6, 6.07) is 8.99. The highest BCUT2D eigenvalue weighted by atomic mass is 35.5. The fraction of sp³-hybridized carbons (Fsp3) is 0.133. The van der Waals surface area contributed by atoms with Crippen molar-refractivity contribution in [3.8, 4) is 0 Å². The van der Waals surface area contributed by atoms with Crippen molar-refractivity contribution in [1.29, 1.82) is 0 Å². The molecule has 2 rings (SSSR count). The van der Waals surface area contributed by atoms with E-state index in [-0.39, 0.29) is 5.78 Å². The van der Waals surface area contributed by atoms with Gasteiger partial charge in [0.15, 0.2) is 5.76 Å². The molecule has 0 atom stereocenters. The van der Waals surface area contributed by atoms with Gasteiger partial charge in [-0.2, -0.15) is 0 Å². The van der Waals surface area contributed by atoms with Gasteiger partial charge in [-0.3, -0.25) is 4.79 Å². The lowest BCUT2D eigenvalue weighted by molar-refractivity contribution is 0.102. The number of rotatable bonds is 4. The van der Waals surface area contributed by atoms with Gasteiger partial charge in [-0.15, -0.1) is 0 Å². The highest BCUT2D eigenvalue weighted by Crippen LogP contribution is 2.22. The largest absolute Gasteiger partial charge is 0.458 e. The predicted octanol–water partition coefficient (Wildman–Crippen LogP) is 4.36. The standard InChI is InChI=1S/C15H14ClNO2/c1-10-6-7-15(19-10)14(18)8-9-17-13-5-3-4-12(16)11(13)2/h3-9,17H,1-2H3/b9-8+. The zero-order valence-corrected chi connectivity index (χ0v) is 11.5. The molecule has 98 valence electrons. The number of benzene rings is 1. The molecule has 0 spiro atoms. The monoisotopic (exact) mass is 275 g/mol. The molecule has 19 heavy (non-hydrogen) atoms. The normalized spacial score (nSPS) is 10.9. The first-order valence-electron chi connectivity index (χ1n) is 5.87. The summed E-state index contributed by atoms with van der Waals surface area (Å²) in [5.74, 6) is 0.869. The third-order valence-corrected chi connectivity index (χ3v) is 3.13. The second-order valence-electron chi connectivity index (χ2n) is 4.16. The Hall–Kier alpha value is -2.00. The van der Waals surface area contributed by atoms with E-state index < -0.39 is 0 Å². The third-order valence-electron chi connectivity index (χ3n) is 2.72. The lowest BCUT2D eigenvalue weighted by Crippen LogP contribution is -1.95. The van der Waals surface area contributed by atoms with E-state index in [1.165, 1.54) is 6.08 Å². The summed E-state index contributed by atoms with van der Waals surface area (Å²) in [5, 5.41) is 3.72. The van der Waals surface area contributed by atoms with Gasteiger partial charge in [-0.1, -0.05) is 17.7 Å². The predicted molar refractivity (Wildman–Crippen MR) is 76.7 cm³/mol. The first-order chi connectivity index (χ1) is 9.08. The van der Waals surface area contributed by atoms with Crippen molar-refractivity contribution in [3.05, 3.63) is 64.7 Å². The number of ketones is 1. The Balaban J connectivity index is 2.04. The fourth-order valence-electron chi connectivity index (χ4n) is 1.62. The van der Waals surface area contributed by atoms with Crippen molar-refractivity contribution in [2.75, 3.05) is 5.32 Å². The molecule has 0 aliphatic heterocycles. The van der Waals surface area contributed by atoms with Crippen LogP contribution in [0.25, 0.3) is 0 Å². The number of hydrogen-bond donors (Lipinski definition) is 1. The van der Waals surface area contributed by atoms with Crippen LogP contribution in [0.3, 0.4) is 0 Å². The molecule has 4 heteroatoms. The second-order valence-corrected chi connectivity index (χ2v) is 4.57. The summed E-state index contributed by atoms with van der Waals surface area (Å²) in [6.07, 6.45) is 3.01. The van der Waals surface area contributed by atoms with E-state index in [2.05, 4.69) is 5.32 Å². The molecule has 0 bridgehead atoms. The molecule has 0 amide bonds. The highest BCUT2D eigenvalue weighted by Gasteiger charge is 2.06. The maximum atomic E-state index is 11.8. The molecular formula is C15H14ClNO2. The molecule has 1 N–H and O–H groups in total. The number of allylic oxidation sites excluding steroid dienone is 1. The van der Waals surface area contributed by atoms with Gasteiger partial charge in [0.1, 0.15) is 5.76 Å². The van der Waals surface area contributed by atoms with E-state index in [0.717, 1.165) is 17.0 Å². The SMILES string of the molecule is Cc1ccc(C(=O)/C=C/Nc2cccc(Cl)c2C)o1. The van der Waals surface area contributed by atoms with E-state index in [9.17, 15) is 4.79 Å². The topological polar surface area (TPSA) is 42.2 Å². The highest BCUT2D eigenvalue weighted by molar-refractivity contribution is 6.31. The van der Waals surface area contributed by atoms with Gasteiger partial charge in [-0.05, 0) is 43.7 Å². The van der Waals surface area contributed by atoms with E-state index in [0.29, 0.717) is 10.8 Å². The van der Waals surface area contributed by atoms with E-state index in [1.54, 1.807) is 25.3 Å². The Kier molecular flexibility index (Phi) is 4.07. The number of carbonyl (C=O) groups is 1. The zero-order chi connectivity index (χ0) is 13.8. The maximum absolute atomic E-state index is 11.8. The van der Waals surface area contributed by atoms with Crippen LogP contribution in [-0.4, -0.2) is 5.78 Å². The maximum Gasteiger partial charge on any atom is 0.222 e. The van der Waals surface area contributed by atoms with Crippen molar-refractivity contribution in [3.63, 3.8) is 0 Å². The molecule has 1 heterocycles. The van der Waals surface area contributed by atoms with Gasteiger partial charge in [0, 0.05) is 23.0 Å². The van der Waals surface area contributed by atoms with Gasteiger partial charge in [0.05, 0.1) is 0 Å². The van der Waals surface area contributed by atoms with E-state index in [1.807, 2.05) is 25.1 Å². The van der Waals surface area contributed by atoms with Crippen LogP contribution < -0.4 is 5.32 Å². The molecule has 0 aliphatic carbocycles. The average molecular weight is 276 g/mol. The molecule has 0 aliphatic rings. The van der Waals surface area contributed by atoms with Crippen LogP contribution in [0.2, 0.25) is 5.02 Å². The lowest BCUT2D eigenvalue weighted by atomic mass is 10.2. The molecule has 1 aromatic heterocycles. The van der Waals surface area contributed by atoms with Gasteiger partial charge in [-0.25, -0.2) is 0 Å². The van der Waals surface area contributed by atoms with Crippen LogP contribution in [0.15, 0.2) is 47.0 Å². The smallest absolute Gasteiger partial charge is 0.222 e. The van der Waals surface area contributed by atoms with Gasteiger partial charge in [0.25, 0.3) is 0 Å². The van der Waals surface area contributed by atoms with Crippen LogP contribution >= 0.6 is 11.6 Å². The van der Waals surface area contributed by atoms with Gasteiger partial charge < -0.3 is 9.73 Å². The number of carbonyl (C=O) groups excluding carboxylic acids is 1. The molecule has 0 fully saturated rings. The van der Waals surface area contributed by atoms with Crippen LogP contribution in [-0.2, 0) is 0 Å². The van der Waals surface area contributed by atoms with E-state index in [4.69, 9.17) is 16.0 Å². The molecule has 3 nitrogen and oxygen atoms in total. The van der Waals surface area contributed by atoms with Crippen LogP contribution in [0, 0.1) is 13.8 Å². The van der Waals surface area contributed by atoms with Crippen LogP contribution in [0.4, 0.5) is 5.69 Å². The quantitative estimate of drug-likeness (QED) is 0.666. The fourth-order valence-corrected chi connectivity index (χ4v) is 1.79. The molecule has 0 saturated heterocycles. The van der Waals surface area contributed by atoms with Crippen molar-refractivity contribution >= 4 is 23.1 Å². The minimum Gasteiger partial charge on any atom is -0.458 e. The van der Waals surface area contributed by atoms with Crippen molar-refractivity contribution in [2.45, 2.75) is 13.8 Å². The molecule has 0 radical (unpaired) electrons. The number of anilines is 1. The average Bonchev–Trinajstić information content (AvgIpc) is 2.81. The second kappa shape index (κ2) is 5.76. The molecular weight excluding hydrogens is 262 g/mol. The van der Waals surface area contributed by atoms with E-state index >= 15 is 0 Å². The number of halogens is 1. The Morgan fingerprint density at radius 1 is 1.26 bits per heavy atom. The Bertz CT molecular complexity index is 629. The lowest BCUT2D eigenvalue weighted by Gasteiger charge is -2.06. The summed E-state index contributed by atoms with van der Waals surface area (Å²) in [6.45, 7) is 3.71. The first-order valence-corrected chi connectivity index (χ1v) is 6.24. The van der Waals surface area contributed by atoms with Crippen molar-refractivity contribution in [2.24, 2.45) is 0 Å². The zero-order valence-electron chi connectivity index (χ0n) is 10.7. The minimum atomic E-state index is -0.180. The van der Waals surface area contributed by atoms with Crippen molar-refractivity contribution in [1.82, 2.24) is 0 Å². The summed E-state index contributed by atoms with van der Waals surface area (Å²) >= 11 is 6.01. The Labute approximate surface area is 116 Å². The molecule has 1 aromatic carbocycles. The summed E-state index contributed by atoms with van der Waals surface area (Å²) in [5.41, 5.74) is 1.81. The van der Waals surface area contributed by atoms with Gasteiger partial charge in [0.2, 0.25) is 5.78 Å². The molecule has 2 aromatic rings. The third kappa shape index (κ3) is 3.26. The van der Waals surface area contributed by atoms with Gasteiger partial charge >= 0.3 is 0 Å². The van der Waals surface area contributed by atoms with Crippen LogP contribution in [0.1, 0.15) is 21.9 Å². The summed E-state index contributed by atoms with van der Waals surface area (Å²) in [7, 11) is 0. The molecule has 0 saturated carbocycles.